The highest BCUT2D eigenvalue weighted by atomic mass is 16.5. The summed E-state index contributed by atoms with van der Waals surface area (Å²) in [6, 6.07) is 3.45. The molecule has 8 nitrogen and oxygen atoms in total. The van der Waals surface area contributed by atoms with Crippen LogP contribution in [0.3, 0.4) is 0 Å². The van der Waals surface area contributed by atoms with Crippen LogP contribution >= 0.6 is 0 Å². The van der Waals surface area contributed by atoms with Crippen LogP contribution in [0.25, 0.3) is 5.95 Å². The molecule has 2 heterocycles. The van der Waals surface area contributed by atoms with Gasteiger partial charge in [0.15, 0.2) is 5.69 Å². The molecule has 0 fully saturated rings. The molecule has 2 aromatic heterocycles. The van der Waals surface area contributed by atoms with Crippen molar-refractivity contribution in [1.82, 2.24) is 19.7 Å². The number of carbonyl (C=O) groups is 1. The van der Waals surface area contributed by atoms with Crippen LogP contribution in [-0.2, 0) is 4.74 Å². The lowest BCUT2D eigenvalue weighted by atomic mass is 10.2. The average Bonchev–Trinajstić information content (AvgIpc) is 2.77. The fourth-order valence-corrected chi connectivity index (χ4v) is 1.44. The first-order valence-corrected chi connectivity index (χ1v) is 5.42. The number of nitrogens with zero attached hydrogens (tertiary/aromatic N) is 5. The number of esters is 1. The highest BCUT2D eigenvalue weighted by Crippen LogP contribution is 2.19. The fourth-order valence-electron chi connectivity index (χ4n) is 1.44. The number of ether oxygens (including phenoxy) is 1. The molecule has 8 heteroatoms. The molecule has 19 heavy (non-hydrogen) atoms. The van der Waals surface area contributed by atoms with Crippen molar-refractivity contribution in [3.63, 3.8) is 0 Å². The van der Waals surface area contributed by atoms with E-state index in [0.29, 0.717) is 0 Å². The van der Waals surface area contributed by atoms with E-state index in [1.54, 1.807) is 13.0 Å². The van der Waals surface area contributed by atoms with E-state index in [2.05, 4.69) is 15.1 Å². The van der Waals surface area contributed by atoms with Gasteiger partial charge in [-0.25, -0.2) is 14.8 Å². The van der Waals surface area contributed by atoms with E-state index in [1.807, 2.05) is 6.07 Å². The Kier molecular flexibility index (Phi) is 3.38. The largest absolute Gasteiger partial charge is 0.461 e. The lowest BCUT2D eigenvalue weighted by molar-refractivity contribution is 0.0518. The molecule has 2 N–H and O–H groups in total. The van der Waals surface area contributed by atoms with Crippen molar-refractivity contribution in [2.75, 3.05) is 12.3 Å². The highest BCUT2D eigenvalue weighted by molar-refractivity contribution is 5.92. The predicted molar refractivity (Wildman–Crippen MR) is 64.2 cm³/mol. The van der Waals surface area contributed by atoms with Crippen molar-refractivity contribution < 1.29 is 9.53 Å². The third-order valence-electron chi connectivity index (χ3n) is 2.24. The van der Waals surface area contributed by atoms with Crippen molar-refractivity contribution in [2.45, 2.75) is 6.92 Å². The highest BCUT2D eigenvalue weighted by Gasteiger charge is 2.24. The molecule has 2 aromatic rings. The predicted octanol–water partition coefficient (Wildman–Crippen LogP) is 0.293. The second kappa shape index (κ2) is 5.14. The van der Waals surface area contributed by atoms with Crippen LogP contribution in [0, 0.1) is 11.3 Å². The first kappa shape index (κ1) is 12.5. The maximum Gasteiger partial charge on any atom is 0.360 e. The molecule has 0 unspecified atom stereocenters. The summed E-state index contributed by atoms with van der Waals surface area (Å²) < 4.78 is 5.94. The lowest BCUT2D eigenvalue weighted by Crippen LogP contribution is -2.09. The van der Waals surface area contributed by atoms with E-state index in [-0.39, 0.29) is 29.6 Å². The zero-order chi connectivity index (χ0) is 13.8. The first-order chi connectivity index (χ1) is 9.19. The monoisotopic (exact) mass is 258 g/mol. The van der Waals surface area contributed by atoms with Gasteiger partial charge in [0, 0.05) is 12.4 Å². The Hall–Kier alpha value is -2.95. The summed E-state index contributed by atoms with van der Waals surface area (Å²) in [6.45, 7) is 1.84. The van der Waals surface area contributed by atoms with Crippen LogP contribution < -0.4 is 5.73 Å². The minimum atomic E-state index is -0.708. The number of nitrogen functional groups attached to an aromatic ring is 1. The first-order valence-electron chi connectivity index (χ1n) is 5.42. The molecule has 0 aliphatic rings. The number of anilines is 1. The standard InChI is InChI=1S/C11H10N6O2/c1-2-19-10(18)8-7(6-12)9(13)17(16-8)11-14-4-3-5-15-11/h3-5H,2,13H2,1H3. The van der Waals surface area contributed by atoms with E-state index in [9.17, 15) is 4.79 Å². The zero-order valence-electron chi connectivity index (χ0n) is 10.1. The molecule has 0 aromatic carbocycles. The molecule has 0 aliphatic carbocycles. The third-order valence-corrected chi connectivity index (χ3v) is 2.24. The van der Waals surface area contributed by atoms with Crippen LogP contribution in [0.4, 0.5) is 5.82 Å². The van der Waals surface area contributed by atoms with Gasteiger partial charge in [0.25, 0.3) is 5.95 Å². The Morgan fingerprint density at radius 3 is 2.79 bits per heavy atom. The molecular weight excluding hydrogens is 248 g/mol. The van der Waals surface area contributed by atoms with Gasteiger partial charge in [0.05, 0.1) is 6.61 Å². The summed E-state index contributed by atoms with van der Waals surface area (Å²) in [5.74, 6) is -0.538. The summed E-state index contributed by atoms with van der Waals surface area (Å²) in [7, 11) is 0. The summed E-state index contributed by atoms with van der Waals surface area (Å²) in [5, 5.41) is 13.0. The van der Waals surface area contributed by atoms with Gasteiger partial charge in [-0.15, -0.1) is 0 Å². The lowest BCUT2D eigenvalue weighted by Gasteiger charge is -1.99. The Balaban J connectivity index is 2.55. The third kappa shape index (κ3) is 2.21. The Bertz CT molecular complexity index is 643. The smallest absolute Gasteiger partial charge is 0.360 e. The number of hydrogen-bond donors (Lipinski definition) is 1. The zero-order valence-corrected chi connectivity index (χ0v) is 10.1. The Morgan fingerprint density at radius 1 is 1.53 bits per heavy atom. The van der Waals surface area contributed by atoms with Gasteiger partial charge in [0.2, 0.25) is 0 Å². The molecule has 0 saturated carbocycles. The van der Waals surface area contributed by atoms with Gasteiger partial charge in [0.1, 0.15) is 17.5 Å². The summed E-state index contributed by atoms with van der Waals surface area (Å²) in [6.07, 6.45) is 3.00. The topological polar surface area (TPSA) is 120 Å². The second-order valence-electron chi connectivity index (χ2n) is 3.40. The quantitative estimate of drug-likeness (QED) is 0.785. The van der Waals surface area contributed by atoms with Crippen molar-refractivity contribution in [1.29, 1.82) is 5.26 Å². The molecule has 0 aliphatic heterocycles. The second-order valence-corrected chi connectivity index (χ2v) is 3.40. The van der Waals surface area contributed by atoms with Crippen LogP contribution in [0.2, 0.25) is 0 Å². The molecular formula is C11H10N6O2. The van der Waals surface area contributed by atoms with E-state index in [1.165, 1.54) is 12.4 Å². The number of rotatable bonds is 3. The van der Waals surface area contributed by atoms with Gasteiger partial charge in [-0.05, 0) is 13.0 Å². The molecule has 0 atom stereocenters. The van der Waals surface area contributed by atoms with Gasteiger partial charge >= 0.3 is 5.97 Å². The summed E-state index contributed by atoms with van der Waals surface area (Å²) >= 11 is 0. The van der Waals surface area contributed by atoms with E-state index >= 15 is 0 Å². The minimum absolute atomic E-state index is 0.00301. The number of aromatic nitrogens is 4. The van der Waals surface area contributed by atoms with Crippen LogP contribution in [0.5, 0.6) is 0 Å². The van der Waals surface area contributed by atoms with Crippen LogP contribution in [0.1, 0.15) is 23.0 Å². The maximum atomic E-state index is 11.7. The fraction of sp³-hybridized carbons (Fsp3) is 0.182. The van der Waals surface area contributed by atoms with Crippen LogP contribution in [0.15, 0.2) is 18.5 Å². The maximum absolute atomic E-state index is 11.7. The molecule has 0 saturated heterocycles. The van der Waals surface area contributed by atoms with Gasteiger partial charge in [-0.1, -0.05) is 0 Å². The van der Waals surface area contributed by atoms with Gasteiger partial charge in [-0.2, -0.15) is 15.0 Å². The molecule has 0 radical (unpaired) electrons. The number of carbonyl (C=O) groups excluding carboxylic acids is 1. The SMILES string of the molecule is CCOC(=O)c1nn(-c2ncccn2)c(N)c1C#N. The van der Waals surface area contributed by atoms with E-state index in [4.69, 9.17) is 15.7 Å². The Morgan fingerprint density at radius 2 is 2.21 bits per heavy atom. The normalized spacial score (nSPS) is 9.89. The van der Waals surface area contributed by atoms with Crippen molar-refractivity contribution in [3.8, 4) is 12.0 Å². The van der Waals surface area contributed by atoms with Crippen LogP contribution in [-0.4, -0.2) is 32.3 Å². The average molecular weight is 258 g/mol. The minimum Gasteiger partial charge on any atom is -0.461 e. The Labute approximate surface area is 108 Å². The number of nitriles is 1. The van der Waals surface area contributed by atoms with E-state index < -0.39 is 5.97 Å². The van der Waals surface area contributed by atoms with Crippen molar-refractivity contribution >= 4 is 11.8 Å². The van der Waals surface area contributed by atoms with E-state index in [0.717, 1.165) is 4.68 Å². The molecule has 0 bridgehead atoms. The van der Waals surface area contributed by atoms with Gasteiger partial charge < -0.3 is 10.5 Å². The summed E-state index contributed by atoms with van der Waals surface area (Å²) in [5.41, 5.74) is 5.58. The van der Waals surface area contributed by atoms with Crippen molar-refractivity contribution in [3.05, 3.63) is 29.7 Å². The molecule has 0 amide bonds. The summed E-state index contributed by atoms with van der Waals surface area (Å²) in [4.78, 5) is 19.6. The number of hydrogen-bond acceptors (Lipinski definition) is 7. The molecule has 2 rings (SSSR count). The number of nitrogens with two attached hydrogens (primary N) is 1. The van der Waals surface area contributed by atoms with Crippen molar-refractivity contribution in [2.24, 2.45) is 0 Å². The van der Waals surface area contributed by atoms with Gasteiger partial charge in [-0.3, -0.25) is 0 Å². The molecule has 0 spiro atoms. The molecule has 96 valence electrons.